The van der Waals surface area contributed by atoms with Gasteiger partial charge in [-0.15, -0.1) is 0 Å². The zero-order valence-corrected chi connectivity index (χ0v) is 28.6. The molecule has 2 saturated heterocycles. The van der Waals surface area contributed by atoms with E-state index in [1.165, 1.54) is 11.9 Å². The lowest BCUT2D eigenvalue weighted by molar-refractivity contribution is -0.189. The summed E-state index contributed by atoms with van der Waals surface area (Å²) in [6.45, 7) is 5.70. The third-order valence-corrected chi connectivity index (χ3v) is 9.45. The maximum Gasteiger partial charge on any atom is 0.329 e. The summed E-state index contributed by atoms with van der Waals surface area (Å²) in [5.41, 5.74) is 2.56. The Labute approximate surface area is 293 Å². The number of urea groups is 1. The van der Waals surface area contributed by atoms with Crippen molar-refractivity contribution in [1.82, 2.24) is 19.2 Å². The number of hydrogen-bond acceptors (Lipinski definition) is 8. The number of piperazine rings is 1. The van der Waals surface area contributed by atoms with Gasteiger partial charge < -0.3 is 29.0 Å². The molecule has 3 heterocycles. The van der Waals surface area contributed by atoms with Crippen LogP contribution in [0.1, 0.15) is 5.56 Å². The van der Waals surface area contributed by atoms with Crippen LogP contribution in [0.2, 0.25) is 15.1 Å². The van der Waals surface area contributed by atoms with Gasteiger partial charge in [0, 0.05) is 77.9 Å². The Morgan fingerprint density at radius 3 is 2.49 bits per heavy atom. The topological polar surface area (TPSA) is 93.1 Å². The minimum absolute atomic E-state index is 0.250. The summed E-state index contributed by atoms with van der Waals surface area (Å²) in [5.74, 6) is 0.467. The van der Waals surface area contributed by atoms with E-state index in [4.69, 9.17) is 49.0 Å². The summed E-state index contributed by atoms with van der Waals surface area (Å²) in [6, 6.07) is 20.2. The molecule has 248 valence electrons. The highest BCUT2D eigenvalue weighted by molar-refractivity contribution is 7.97. The molecular formula is C33H35Cl3N6O4S. The average molecular weight is 718 g/mol. The lowest BCUT2D eigenvalue weighted by Crippen LogP contribution is -2.47. The quantitative estimate of drug-likeness (QED) is 0.122. The second kappa shape index (κ2) is 15.8. The smallest absolute Gasteiger partial charge is 0.329 e. The highest BCUT2D eigenvalue weighted by Gasteiger charge is 2.45. The standard InChI is InChI=1S/C33H35Cl3N6O4S/c34-24-1-4-26(5-2-24)38-32(43)39-47-18-17-40-13-15-42(16-14-40)27-6-8-28(9-7-27)44-20-29-21-45-33(46-29,22-41-12-11-37-23-41)30-10-3-25(35)19-31(30)36/h1-12,19,23,29H,13-18,20-22H2,(H2,38,39,43). The van der Waals surface area contributed by atoms with Crippen LogP contribution in [0.25, 0.3) is 0 Å². The molecule has 6 rings (SSSR count). The van der Waals surface area contributed by atoms with Crippen LogP contribution >= 0.6 is 46.8 Å². The maximum atomic E-state index is 12.1. The summed E-state index contributed by atoms with van der Waals surface area (Å²) in [4.78, 5) is 21.0. The lowest BCUT2D eigenvalue weighted by Gasteiger charge is -2.36. The number of halogens is 3. The molecule has 0 bridgehead atoms. The zero-order chi connectivity index (χ0) is 32.6. The summed E-state index contributed by atoms with van der Waals surface area (Å²) < 4.78 is 23.6. The van der Waals surface area contributed by atoms with Gasteiger partial charge in [0.05, 0.1) is 24.5 Å². The Bertz CT molecular complexity index is 1610. The molecular weight excluding hydrogens is 683 g/mol. The molecule has 2 amide bonds. The fourth-order valence-corrected chi connectivity index (χ4v) is 6.84. The van der Waals surface area contributed by atoms with Crippen molar-refractivity contribution < 1.29 is 19.0 Å². The number of amides is 2. The molecule has 2 atom stereocenters. The average Bonchev–Trinajstić information content (AvgIpc) is 3.74. The molecule has 2 aliphatic heterocycles. The van der Waals surface area contributed by atoms with E-state index >= 15 is 0 Å². The molecule has 0 spiro atoms. The Morgan fingerprint density at radius 1 is 1.00 bits per heavy atom. The van der Waals surface area contributed by atoms with Crippen molar-refractivity contribution in [2.75, 3.05) is 61.9 Å². The van der Waals surface area contributed by atoms with Gasteiger partial charge in [0.1, 0.15) is 18.5 Å². The number of benzene rings is 3. The maximum absolute atomic E-state index is 12.1. The molecule has 0 saturated carbocycles. The molecule has 47 heavy (non-hydrogen) atoms. The highest BCUT2D eigenvalue weighted by atomic mass is 35.5. The normalized spacial score (nSPS) is 19.9. The number of imidazole rings is 1. The molecule has 14 heteroatoms. The number of ether oxygens (including phenoxy) is 3. The predicted octanol–water partition coefficient (Wildman–Crippen LogP) is 6.78. The Hall–Kier alpha value is -3.16. The van der Waals surface area contributed by atoms with Crippen LogP contribution < -0.4 is 19.7 Å². The summed E-state index contributed by atoms with van der Waals surface area (Å²) >= 11 is 20.0. The number of hydrogen-bond donors (Lipinski definition) is 2. The number of aromatic nitrogens is 2. The lowest BCUT2D eigenvalue weighted by atomic mass is 10.1. The minimum Gasteiger partial charge on any atom is -0.491 e. The van der Waals surface area contributed by atoms with Crippen LogP contribution in [-0.2, 0) is 21.8 Å². The molecule has 2 fully saturated rings. The number of nitrogens with one attached hydrogen (secondary N) is 2. The van der Waals surface area contributed by atoms with Gasteiger partial charge in [0.15, 0.2) is 0 Å². The van der Waals surface area contributed by atoms with Crippen molar-refractivity contribution in [3.05, 3.63) is 106 Å². The molecule has 0 radical (unpaired) electrons. The number of nitrogens with zero attached hydrogens (tertiary/aromatic N) is 4. The van der Waals surface area contributed by atoms with Gasteiger partial charge >= 0.3 is 6.03 Å². The molecule has 3 aromatic carbocycles. The fourth-order valence-electron chi connectivity index (χ4n) is 5.53. The zero-order valence-electron chi connectivity index (χ0n) is 25.5. The van der Waals surface area contributed by atoms with E-state index in [0.717, 1.165) is 49.9 Å². The number of carbonyl (C=O) groups excluding carboxylic acids is 1. The molecule has 0 aliphatic carbocycles. The van der Waals surface area contributed by atoms with E-state index in [9.17, 15) is 4.79 Å². The Morgan fingerprint density at radius 2 is 1.77 bits per heavy atom. The van der Waals surface area contributed by atoms with Gasteiger partial charge in [0.25, 0.3) is 0 Å². The van der Waals surface area contributed by atoms with Crippen LogP contribution in [0.4, 0.5) is 16.2 Å². The predicted molar refractivity (Wildman–Crippen MR) is 188 cm³/mol. The molecule has 1 aromatic heterocycles. The molecule has 2 N–H and O–H groups in total. The first-order chi connectivity index (χ1) is 22.8. The SMILES string of the molecule is O=C(NSCCN1CCN(c2ccc(OCC3COC(Cn4ccnc4)(c4ccc(Cl)cc4Cl)O3)cc2)CC1)Nc1ccc(Cl)cc1. The molecule has 2 aliphatic rings. The van der Waals surface area contributed by atoms with Gasteiger partial charge in [-0.3, -0.25) is 9.62 Å². The van der Waals surface area contributed by atoms with Crippen LogP contribution in [0.5, 0.6) is 5.75 Å². The van der Waals surface area contributed by atoms with E-state index in [0.29, 0.717) is 46.1 Å². The molecule has 2 unspecified atom stereocenters. The van der Waals surface area contributed by atoms with Crippen LogP contribution in [-0.4, -0.2) is 78.3 Å². The number of carbonyl (C=O) groups is 1. The van der Waals surface area contributed by atoms with Crippen molar-refractivity contribution >= 4 is 64.2 Å². The van der Waals surface area contributed by atoms with Crippen molar-refractivity contribution in [2.45, 2.75) is 18.4 Å². The van der Waals surface area contributed by atoms with E-state index in [1.807, 2.05) is 29.0 Å². The first-order valence-corrected chi connectivity index (χ1v) is 17.3. The number of anilines is 2. The van der Waals surface area contributed by atoms with E-state index in [1.54, 1.807) is 48.9 Å². The summed E-state index contributed by atoms with van der Waals surface area (Å²) in [6.07, 6.45) is 4.98. The van der Waals surface area contributed by atoms with Crippen molar-refractivity contribution in [1.29, 1.82) is 0 Å². The largest absolute Gasteiger partial charge is 0.491 e. The summed E-state index contributed by atoms with van der Waals surface area (Å²) in [5, 5.41) is 4.44. The van der Waals surface area contributed by atoms with Crippen LogP contribution in [0.3, 0.4) is 0 Å². The van der Waals surface area contributed by atoms with Crippen molar-refractivity contribution in [3.63, 3.8) is 0 Å². The van der Waals surface area contributed by atoms with Crippen molar-refractivity contribution in [3.8, 4) is 5.75 Å². The van der Waals surface area contributed by atoms with Gasteiger partial charge in [0.2, 0.25) is 5.79 Å². The molecule has 10 nitrogen and oxygen atoms in total. The highest BCUT2D eigenvalue weighted by Crippen LogP contribution is 2.40. The van der Waals surface area contributed by atoms with Gasteiger partial charge in [-0.1, -0.05) is 40.9 Å². The second-order valence-corrected chi connectivity index (χ2v) is 13.4. The van der Waals surface area contributed by atoms with Crippen molar-refractivity contribution in [2.24, 2.45) is 0 Å². The summed E-state index contributed by atoms with van der Waals surface area (Å²) in [7, 11) is 0. The number of rotatable bonds is 12. The first-order valence-electron chi connectivity index (χ1n) is 15.2. The second-order valence-electron chi connectivity index (χ2n) is 11.2. The molecule has 4 aromatic rings. The third-order valence-electron chi connectivity index (χ3n) is 7.94. The minimum atomic E-state index is -1.09. The van der Waals surface area contributed by atoms with E-state index < -0.39 is 5.79 Å². The fraction of sp³-hybridized carbons (Fsp3) is 0.333. The van der Waals surface area contributed by atoms with Crippen LogP contribution in [0, 0.1) is 0 Å². The van der Waals surface area contributed by atoms with Gasteiger partial charge in [-0.25, -0.2) is 9.78 Å². The van der Waals surface area contributed by atoms with Crippen LogP contribution in [0.15, 0.2) is 85.5 Å². The first kappa shape index (κ1) is 33.7. The third kappa shape index (κ3) is 9.05. The Balaban J connectivity index is 0.926. The monoisotopic (exact) mass is 716 g/mol. The van der Waals surface area contributed by atoms with Gasteiger partial charge in [-0.2, -0.15) is 0 Å². The van der Waals surface area contributed by atoms with Gasteiger partial charge in [-0.05, 0) is 72.6 Å². The van der Waals surface area contributed by atoms with E-state index in [-0.39, 0.29) is 12.1 Å². The Kier molecular flexibility index (Phi) is 11.4. The van der Waals surface area contributed by atoms with E-state index in [2.05, 4.69) is 37.0 Å².